The van der Waals surface area contributed by atoms with Crippen molar-refractivity contribution in [3.05, 3.63) is 53.7 Å². The van der Waals surface area contributed by atoms with Crippen LogP contribution in [-0.4, -0.2) is 81.8 Å². The van der Waals surface area contributed by atoms with Crippen LogP contribution in [0.3, 0.4) is 0 Å². The number of aliphatic hydroxyl groups is 2. The quantitative estimate of drug-likeness (QED) is 0.193. The number of benzene rings is 1. The number of aryl methyl sites for hydroxylation is 1. The Labute approximate surface area is 264 Å². The van der Waals surface area contributed by atoms with Gasteiger partial charge >= 0.3 is 0 Å². The van der Waals surface area contributed by atoms with Crippen molar-refractivity contribution in [1.82, 2.24) is 19.9 Å². The number of anilines is 2. The molecule has 0 bridgehead atoms. The average molecular weight is 655 g/mol. The maximum atomic E-state index is 13.4. The Bertz CT molecular complexity index is 1810. The number of sulfone groups is 1. The lowest BCUT2D eigenvalue weighted by Gasteiger charge is -2.25. The molecule has 1 unspecified atom stereocenters. The lowest BCUT2D eigenvalue weighted by Crippen LogP contribution is -2.36. The van der Waals surface area contributed by atoms with E-state index in [1.807, 2.05) is 19.2 Å². The van der Waals surface area contributed by atoms with Crippen LogP contribution in [0.25, 0.3) is 20.8 Å². The van der Waals surface area contributed by atoms with Gasteiger partial charge in [-0.15, -0.1) is 11.3 Å². The number of thiazole rings is 1. The molecule has 0 radical (unpaired) electrons. The lowest BCUT2D eigenvalue weighted by atomic mass is 10.1. The lowest BCUT2D eigenvalue weighted by molar-refractivity contribution is 0.0216. The first-order valence-electron chi connectivity index (χ1n) is 15.3. The Morgan fingerprint density at radius 1 is 1.04 bits per heavy atom. The molecule has 4 aromatic rings. The minimum Gasteiger partial charge on any atom is -0.390 e. The molecule has 0 amide bonds. The third-order valence-electron chi connectivity index (χ3n) is 8.83. The molecule has 3 fully saturated rings. The van der Waals surface area contributed by atoms with Crippen molar-refractivity contribution in [2.24, 2.45) is 5.92 Å². The molecule has 7 rings (SSSR count). The molecule has 1 saturated heterocycles. The number of fused-ring (bicyclic) bond motifs is 1. The molecule has 4 heterocycles. The van der Waals surface area contributed by atoms with Gasteiger partial charge in [-0.1, -0.05) is 0 Å². The predicted octanol–water partition coefficient (Wildman–Crippen LogP) is 4.06. The zero-order valence-electron chi connectivity index (χ0n) is 24.7. The van der Waals surface area contributed by atoms with Crippen molar-refractivity contribution in [2.75, 3.05) is 29.6 Å². The Kier molecular flexibility index (Phi) is 8.19. The van der Waals surface area contributed by atoms with E-state index < -0.39 is 45.6 Å². The van der Waals surface area contributed by atoms with Crippen molar-refractivity contribution in [3.63, 3.8) is 0 Å². The number of rotatable bonds is 9. The van der Waals surface area contributed by atoms with E-state index in [9.17, 15) is 23.0 Å². The first-order valence-corrected chi connectivity index (χ1v) is 17.7. The van der Waals surface area contributed by atoms with Gasteiger partial charge < -0.3 is 25.6 Å². The van der Waals surface area contributed by atoms with Crippen LogP contribution < -0.4 is 10.6 Å². The maximum absolute atomic E-state index is 13.4. The zero-order chi connectivity index (χ0) is 31.3. The van der Waals surface area contributed by atoms with Crippen LogP contribution in [0.5, 0.6) is 0 Å². The summed E-state index contributed by atoms with van der Waals surface area (Å²) >= 11 is 1.52. The van der Waals surface area contributed by atoms with Gasteiger partial charge in [-0.3, -0.25) is 4.98 Å². The second-order valence-corrected chi connectivity index (χ2v) is 15.3. The molecule has 45 heavy (non-hydrogen) atoms. The summed E-state index contributed by atoms with van der Waals surface area (Å²) in [6, 6.07) is 5.90. The second kappa shape index (κ2) is 12.1. The fourth-order valence-corrected chi connectivity index (χ4v) is 9.01. The van der Waals surface area contributed by atoms with Gasteiger partial charge in [-0.2, -0.15) is 4.98 Å². The smallest absolute Gasteiger partial charge is 0.225 e. The van der Waals surface area contributed by atoms with Crippen LogP contribution in [0.15, 0.2) is 41.4 Å². The molecule has 0 spiro atoms. The van der Waals surface area contributed by atoms with Crippen LogP contribution in [0.1, 0.15) is 49.4 Å². The molecule has 238 valence electrons. The van der Waals surface area contributed by atoms with Gasteiger partial charge in [0.05, 0.1) is 57.1 Å². The molecule has 2 saturated carbocycles. The number of hydrogen-bond acceptors (Lipinski definition) is 12. The van der Waals surface area contributed by atoms with Crippen LogP contribution in [0.2, 0.25) is 0 Å². The normalized spacial score (nSPS) is 25.5. The molecule has 5 atom stereocenters. The second-order valence-electron chi connectivity index (χ2n) is 12.2. The third-order valence-corrected chi connectivity index (χ3v) is 11.7. The highest BCUT2D eigenvalue weighted by atomic mass is 32.2. The maximum Gasteiger partial charge on any atom is 0.225 e. The van der Waals surface area contributed by atoms with Crippen LogP contribution in [-0.2, 0) is 14.6 Å². The number of ether oxygens (including phenoxy) is 1. The van der Waals surface area contributed by atoms with E-state index in [4.69, 9.17) is 19.7 Å². The van der Waals surface area contributed by atoms with E-state index >= 15 is 0 Å². The van der Waals surface area contributed by atoms with Crippen molar-refractivity contribution < 1.29 is 27.8 Å². The average Bonchev–Trinajstić information content (AvgIpc) is 3.72. The number of hydrogen-bond donors (Lipinski definition) is 4. The van der Waals surface area contributed by atoms with Gasteiger partial charge in [0.1, 0.15) is 28.3 Å². The molecule has 3 aliphatic rings. The summed E-state index contributed by atoms with van der Waals surface area (Å²) in [5.74, 6) is -0.442. The number of pyridine rings is 1. The summed E-state index contributed by atoms with van der Waals surface area (Å²) in [7, 11) is -3.84. The SMILES string of the molecule is Cc1nc(NC2CCCOC2)nc(N[C@@H]2C[C@H](CS(=O)(=O)c3ccc(F)cc3)[C@@H](O)[C@H]2O)c1-c1nc2c(C3CC3)nccc2s1. The Hall–Kier alpha value is -3.30. The van der Waals surface area contributed by atoms with Gasteiger partial charge in [0.15, 0.2) is 9.84 Å². The molecule has 14 heteroatoms. The van der Waals surface area contributed by atoms with Crippen molar-refractivity contribution in [1.29, 1.82) is 0 Å². The molecule has 1 aliphatic heterocycles. The number of aliphatic hydroxyl groups excluding tert-OH is 2. The minimum atomic E-state index is -3.84. The molecular weight excluding hydrogens is 620 g/mol. The highest BCUT2D eigenvalue weighted by molar-refractivity contribution is 7.91. The fraction of sp³-hybridized carbons (Fsp3) is 0.484. The molecule has 4 N–H and O–H groups in total. The molecule has 11 nitrogen and oxygen atoms in total. The highest BCUT2D eigenvalue weighted by Gasteiger charge is 2.44. The monoisotopic (exact) mass is 654 g/mol. The van der Waals surface area contributed by atoms with Gasteiger partial charge in [0.25, 0.3) is 0 Å². The van der Waals surface area contributed by atoms with E-state index in [1.165, 1.54) is 23.5 Å². The molecule has 2 aliphatic carbocycles. The summed E-state index contributed by atoms with van der Waals surface area (Å²) in [5, 5.41) is 29.5. The van der Waals surface area contributed by atoms with Crippen molar-refractivity contribution >= 4 is 43.2 Å². The Morgan fingerprint density at radius 3 is 2.58 bits per heavy atom. The van der Waals surface area contributed by atoms with Crippen LogP contribution in [0, 0.1) is 18.7 Å². The van der Waals surface area contributed by atoms with Crippen LogP contribution >= 0.6 is 11.3 Å². The third kappa shape index (κ3) is 6.26. The summed E-state index contributed by atoms with van der Waals surface area (Å²) in [6.45, 7) is 3.15. The van der Waals surface area contributed by atoms with Gasteiger partial charge in [-0.05, 0) is 69.4 Å². The Morgan fingerprint density at radius 2 is 1.84 bits per heavy atom. The topological polar surface area (TPSA) is 159 Å². The van der Waals surface area contributed by atoms with E-state index in [0.717, 1.165) is 60.3 Å². The summed E-state index contributed by atoms with van der Waals surface area (Å²) < 4.78 is 46.3. The molecule has 1 aromatic carbocycles. The standard InChI is InChI=1S/C31H35FN6O5S2/c1-16-24(30-37-26-23(44-30)10-11-33-25(26)17-4-5-17)29(38-31(34-16)35-20-3-2-12-43-14-20)36-22-13-18(27(39)28(22)40)15-45(41,42)21-8-6-19(32)7-9-21/h6-11,17-18,20,22,27-28,39-40H,2-5,12-15H2,1H3,(H2,34,35,36,38)/t18-,20?,22-,27-,28+/m1/s1. The first-order chi connectivity index (χ1) is 21.7. The molecular formula is C31H35FN6O5S2. The predicted molar refractivity (Wildman–Crippen MR) is 169 cm³/mol. The number of halogens is 1. The van der Waals surface area contributed by atoms with Crippen molar-refractivity contribution in [2.45, 2.75) is 74.1 Å². The largest absolute Gasteiger partial charge is 0.390 e. The number of nitrogens with zero attached hydrogens (tertiary/aromatic N) is 4. The first kappa shape index (κ1) is 30.4. The fourth-order valence-electron chi connectivity index (χ4n) is 6.30. The van der Waals surface area contributed by atoms with E-state index in [1.54, 1.807) is 0 Å². The van der Waals surface area contributed by atoms with Gasteiger partial charge in [0, 0.05) is 24.6 Å². The van der Waals surface area contributed by atoms with E-state index in [2.05, 4.69) is 15.6 Å². The summed E-state index contributed by atoms with van der Waals surface area (Å²) in [4.78, 5) is 19.2. The van der Waals surface area contributed by atoms with Crippen LogP contribution in [0.4, 0.5) is 16.2 Å². The zero-order valence-corrected chi connectivity index (χ0v) is 26.3. The van der Waals surface area contributed by atoms with Gasteiger partial charge in [-0.25, -0.2) is 22.8 Å². The van der Waals surface area contributed by atoms with Gasteiger partial charge in [0.2, 0.25) is 5.95 Å². The number of nitrogens with one attached hydrogen (secondary N) is 2. The van der Waals surface area contributed by atoms with E-state index in [-0.39, 0.29) is 17.4 Å². The summed E-state index contributed by atoms with van der Waals surface area (Å²) in [6.07, 6.45) is 3.46. The Balaban J connectivity index is 1.21. The highest BCUT2D eigenvalue weighted by Crippen LogP contribution is 2.44. The number of aromatic nitrogens is 4. The van der Waals surface area contributed by atoms with Crippen molar-refractivity contribution in [3.8, 4) is 10.6 Å². The molecule has 3 aromatic heterocycles. The minimum absolute atomic E-state index is 0.0333. The van der Waals surface area contributed by atoms with E-state index in [0.29, 0.717) is 40.6 Å². The summed E-state index contributed by atoms with van der Waals surface area (Å²) in [5.41, 5.74) is 3.22.